The molecule has 0 unspecified atom stereocenters. The summed E-state index contributed by atoms with van der Waals surface area (Å²) < 4.78 is 6.04. The molecule has 2 aromatic rings. The lowest BCUT2D eigenvalue weighted by Crippen LogP contribution is -2.28. The van der Waals surface area contributed by atoms with Gasteiger partial charge in [0.1, 0.15) is 11.3 Å². The Balaban J connectivity index is 2.30. The topological polar surface area (TPSA) is 110 Å². The molecular weight excluding hydrogens is 252 g/mol. The fraction of sp³-hybridized carbons (Fsp3) is 0.455. The molecule has 2 N–H and O–H groups in total. The Morgan fingerprint density at radius 3 is 2.79 bits per heavy atom. The van der Waals surface area contributed by atoms with Crippen LogP contribution in [0, 0.1) is 0 Å². The molecule has 0 amide bonds. The first kappa shape index (κ1) is 13.1. The van der Waals surface area contributed by atoms with Crippen LogP contribution in [-0.2, 0) is 23.0 Å². The lowest BCUT2D eigenvalue weighted by atomic mass is 10.3. The summed E-state index contributed by atoms with van der Waals surface area (Å²) in [6.07, 6.45) is 0.487. The van der Waals surface area contributed by atoms with Crippen LogP contribution in [0.15, 0.2) is 9.59 Å². The number of aromatic nitrogens is 4. The first-order valence-electron chi connectivity index (χ1n) is 5.86. The van der Waals surface area contributed by atoms with Crippen molar-refractivity contribution in [2.75, 3.05) is 6.61 Å². The monoisotopic (exact) mass is 266 g/mol. The van der Waals surface area contributed by atoms with Gasteiger partial charge in [0.15, 0.2) is 5.65 Å². The lowest BCUT2D eigenvalue weighted by Gasteiger charge is -1.98. The Kier molecular flexibility index (Phi) is 3.50. The minimum Gasteiger partial charge on any atom is -0.466 e. The largest absolute Gasteiger partial charge is 0.466 e. The van der Waals surface area contributed by atoms with Crippen molar-refractivity contribution < 1.29 is 9.53 Å². The number of esters is 1. The second-order valence-corrected chi connectivity index (χ2v) is 4.01. The molecule has 0 radical (unpaired) electrons. The van der Waals surface area contributed by atoms with E-state index in [0.717, 1.165) is 0 Å². The molecule has 0 aromatic carbocycles. The zero-order valence-electron chi connectivity index (χ0n) is 10.6. The highest BCUT2D eigenvalue weighted by atomic mass is 16.5. The summed E-state index contributed by atoms with van der Waals surface area (Å²) in [5, 5.41) is 0. The van der Waals surface area contributed by atoms with Crippen LogP contribution in [0.5, 0.6) is 0 Å². The number of rotatable bonds is 4. The summed E-state index contributed by atoms with van der Waals surface area (Å²) in [6.45, 7) is 2.06. The number of aromatic amines is 2. The van der Waals surface area contributed by atoms with E-state index in [4.69, 9.17) is 4.74 Å². The molecule has 0 aliphatic carbocycles. The van der Waals surface area contributed by atoms with Crippen LogP contribution >= 0.6 is 0 Å². The molecular formula is C11H14N4O4. The van der Waals surface area contributed by atoms with Gasteiger partial charge in [-0.2, -0.15) is 0 Å². The van der Waals surface area contributed by atoms with Crippen molar-refractivity contribution in [3.8, 4) is 0 Å². The van der Waals surface area contributed by atoms with Crippen LogP contribution < -0.4 is 11.2 Å². The van der Waals surface area contributed by atoms with Gasteiger partial charge in [0.25, 0.3) is 5.56 Å². The van der Waals surface area contributed by atoms with Gasteiger partial charge in [0.05, 0.1) is 13.0 Å². The van der Waals surface area contributed by atoms with Gasteiger partial charge in [0.2, 0.25) is 0 Å². The lowest BCUT2D eigenvalue weighted by molar-refractivity contribution is -0.143. The van der Waals surface area contributed by atoms with E-state index in [2.05, 4.69) is 15.0 Å². The number of carbonyl (C=O) groups excluding carboxylic acids is 1. The molecule has 2 heterocycles. The Labute approximate surface area is 107 Å². The van der Waals surface area contributed by atoms with E-state index in [9.17, 15) is 14.4 Å². The molecule has 2 aromatic heterocycles. The van der Waals surface area contributed by atoms with E-state index in [-0.39, 0.29) is 23.6 Å². The number of nitrogens with zero attached hydrogens (tertiary/aromatic N) is 2. The molecule has 0 atom stereocenters. The summed E-state index contributed by atoms with van der Waals surface area (Å²) in [5.41, 5.74) is -0.553. The number of fused-ring (bicyclic) bond motifs is 1. The number of nitrogens with one attached hydrogen (secondary N) is 2. The molecule has 0 saturated heterocycles. The molecule has 0 bridgehead atoms. The van der Waals surface area contributed by atoms with E-state index in [1.165, 1.54) is 11.6 Å². The van der Waals surface area contributed by atoms with Gasteiger partial charge < -0.3 is 9.72 Å². The molecule has 0 fully saturated rings. The van der Waals surface area contributed by atoms with Gasteiger partial charge in [-0.15, -0.1) is 0 Å². The molecule has 8 heteroatoms. The predicted octanol–water partition coefficient (Wildman–Crippen LogP) is -0.554. The average Bonchev–Trinajstić information content (AvgIpc) is 2.79. The number of hydrogen-bond donors (Lipinski definition) is 2. The predicted molar refractivity (Wildman–Crippen MR) is 66.9 cm³/mol. The minimum absolute atomic E-state index is 0.166. The van der Waals surface area contributed by atoms with E-state index in [1.54, 1.807) is 6.92 Å². The van der Waals surface area contributed by atoms with Crippen LogP contribution in [0.2, 0.25) is 0 Å². The summed E-state index contributed by atoms with van der Waals surface area (Å²) in [5.74, 6) is 0.139. The first-order chi connectivity index (χ1) is 9.02. The maximum atomic E-state index is 11.6. The van der Waals surface area contributed by atoms with Crippen LogP contribution in [0.3, 0.4) is 0 Å². The Morgan fingerprint density at radius 1 is 1.37 bits per heavy atom. The normalized spacial score (nSPS) is 10.8. The standard InChI is InChI=1S/C11H14N4O4/c1-3-19-7(16)5-4-6-12-8-9(13-6)15(2)11(18)14-10(8)17/h3-5H2,1-2H3,(H,12,13)(H,14,17,18). The zero-order valence-corrected chi connectivity index (χ0v) is 10.6. The van der Waals surface area contributed by atoms with Crippen molar-refractivity contribution >= 4 is 17.1 Å². The summed E-state index contributed by atoms with van der Waals surface area (Å²) >= 11 is 0. The Morgan fingerprint density at radius 2 is 2.11 bits per heavy atom. The van der Waals surface area contributed by atoms with Crippen LogP contribution in [0.25, 0.3) is 11.2 Å². The maximum absolute atomic E-state index is 11.6. The third kappa shape index (κ3) is 2.56. The summed E-state index contributed by atoms with van der Waals surface area (Å²) in [7, 11) is 1.51. The zero-order chi connectivity index (χ0) is 14.0. The van der Waals surface area contributed by atoms with Crippen LogP contribution in [-0.4, -0.2) is 32.1 Å². The maximum Gasteiger partial charge on any atom is 0.329 e. The number of H-pyrrole nitrogens is 2. The van der Waals surface area contributed by atoms with Crippen molar-refractivity contribution in [1.82, 2.24) is 19.5 Å². The van der Waals surface area contributed by atoms with Crippen molar-refractivity contribution in [2.45, 2.75) is 19.8 Å². The number of aryl methyl sites for hydroxylation is 2. The van der Waals surface area contributed by atoms with Gasteiger partial charge in [-0.25, -0.2) is 9.78 Å². The minimum atomic E-state index is -0.527. The quantitative estimate of drug-likeness (QED) is 0.721. The third-order valence-corrected chi connectivity index (χ3v) is 2.67. The highest BCUT2D eigenvalue weighted by Gasteiger charge is 2.12. The van der Waals surface area contributed by atoms with E-state index in [1.807, 2.05) is 0 Å². The second kappa shape index (κ2) is 5.09. The van der Waals surface area contributed by atoms with Crippen molar-refractivity contribution in [1.29, 1.82) is 0 Å². The highest BCUT2D eigenvalue weighted by Crippen LogP contribution is 2.06. The summed E-state index contributed by atoms with van der Waals surface area (Å²) in [4.78, 5) is 43.3. The Hall–Kier alpha value is -2.38. The molecule has 0 aliphatic heterocycles. The number of carbonyl (C=O) groups is 1. The van der Waals surface area contributed by atoms with Gasteiger partial charge in [-0.1, -0.05) is 0 Å². The fourth-order valence-corrected chi connectivity index (χ4v) is 1.72. The van der Waals surface area contributed by atoms with Gasteiger partial charge in [-0.05, 0) is 6.92 Å². The van der Waals surface area contributed by atoms with Gasteiger partial charge in [0, 0.05) is 13.5 Å². The molecule has 102 valence electrons. The molecule has 2 rings (SSSR count). The molecule has 8 nitrogen and oxygen atoms in total. The van der Waals surface area contributed by atoms with E-state index < -0.39 is 11.2 Å². The van der Waals surface area contributed by atoms with E-state index in [0.29, 0.717) is 18.9 Å². The second-order valence-electron chi connectivity index (χ2n) is 4.01. The molecule has 0 aliphatic rings. The Bertz CT molecular complexity index is 724. The van der Waals surface area contributed by atoms with Crippen molar-refractivity contribution in [3.05, 3.63) is 26.7 Å². The third-order valence-electron chi connectivity index (χ3n) is 2.67. The number of imidazole rings is 1. The van der Waals surface area contributed by atoms with Gasteiger partial charge in [-0.3, -0.25) is 19.1 Å². The summed E-state index contributed by atoms with van der Waals surface area (Å²) in [6, 6.07) is 0. The van der Waals surface area contributed by atoms with Crippen molar-refractivity contribution in [2.24, 2.45) is 7.05 Å². The highest BCUT2D eigenvalue weighted by molar-refractivity contribution is 5.71. The first-order valence-corrected chi connectivity index (χ1v) is 5.86. The van der Waals surface area contributed by atoms with E-state index >= 15 is 0 Å². The fourth-order valence-electron chi connectivity index (χ4n) is 1.72. The SMILES string of the molecule is CCOC(=O)CCc1nc2c([nH]1)c(=O)[nH]c(=O)n2C. The number of hydrogen-bond acceptors (Lipinski definition) is 5. The average molecular weight is 266 g/mol. The van der Waals surface area contributed by atoms with Crippen LogP contribution in [0.4, 0.5) is 0 Å². The smallest absolute Gasteiger partial charge is 0.329 e. The molecule has 19 heavy (non-hydrogen) atoms. The van der Waals surface area contributed by atoms with Crippen LogP contribution in [0.1, 0.15) is 19.2 Å². The number of ether oxygens (including phenoxy) is 1. The molecule has 0 spiro atoms. The van der Waals surface area contributed by atoms with Gasteiger partial charge >= 0.3 is 11.7 Å². The van der Waals surface area contributed by atoms with Crippen molar-refractivity contribution in [3.63, 3.8) is 0 Å². The molecule has 0 saturated carbocycles.